The molecule has 0 spiro atoms. The second-order valence-electron chi connectivity index (χ2n) is 6.62. The van der Waals surface area contributed by atoms with Gasteiger partial charge >= 0.3 is 0 Å². The number of likely N-dealkylation sites (N-methyl/N-ethyl adjacent to an activating group) is 1. The highest BCUT2D eigenvalue weighted by Crippen LogP contribution is 2.29. The molecule has 0 aliphatic carbocycles. The van der Waals surface area contributed by atoms with Crippen LogP contribution in [0, 0.1) is 5.92 Å². The number of nitrogens with one attached hydrogen (secondary N) is 1. The summed E-state index contributed by atoms with van der Waals surface area (Å²) in [5.41, 5.74) is 2.83. The lowest BCUT2D eigenvalue weighted by Gasteiger charge is -2.24. The summed E-state index contributed by atoms with van der Waals surface area (Å²) in [7, 11) is 3.78. The van der Waals surface area contributed by atoms with E-state index in [4.69, 9.17) is 4.74 Å². The van der Waals surface area contributed by atoms with Crippen molar-refractivity contribution in [2.75, 3.05) is 14.2 Å². The van der Waals surface area contributed by atoms with Crippen LogP contribution in [-0.2, 0) is 11.8 Å². The summed E-state index contributed by atoms with van der Waals surface area (Å²) in [6, 6.07) is 7.05. The van der Waals surface area contributed by atoms with Crippen LogP contribution in [0.2, 0.25) is 0 Å². The molecule has 0 bridgehead atoms. The molecule has 19 heavy (non-hydrogen) atoms. The summed E-state index contributed by atoms with van der Waals surface area (Å²) in [6.07, 6.45) is 1.00. The molecule has 0 aliphatic rings. The van der Waals surface area contributed by atoms with Gasteiger partial charge in [-0.2, -0.15) is 0 Å². The Morgan fingerprint density at radius 2 is 1.84 bits per heavy atom. The fraction of sp³-hybridized carbons (Fsp3) is 0.647. The van der Waals surface area contributed by atoms with E-state index in [0.717, 1.165) is 12.2 Å². The lowest BCUT2D eigenvalue weighted by Crippen LogP contribution is -2.33. The molecular formula is C17H29NO. The monoisotopic (exact) mass is 263 g/mol. The summed E-state index contributed by atoms with van der Waals surface area (Å²) >= 11 is 0. The van der Waals surface area contributed by atoms with E-state index in [-0.39, 0.29) is 5.41 Å². The summed E-state index contributed by atoms with van der Waals surface area (Å²) < 4.78 is 5.51. The first-order chi connectivity index (χ1) is 8.79. The van der Waals surface area contributed by atoms with Gasteiger partial charge < -0.3 is 10.1 Å². The third-order valence-corrected chi connectivity index (χ3v) is 3.76. The van der Waals surface area contributed by atoms with Gasteiger partial charge in [-0.3, -0.25) is 0 Å². The largest absolute Gasteiger partial charge is 0.496 e. The normalized spacial score (nSPS) is 13.7. The molecule has 0 saturated heterocycles. The van der Waals surface area contributed by atoms with Gasteiger partial charge in [0.15, 0.2) is 0 Å². The van der Waals surface area contributed by atoms with Gasteiger partial charge in [0, 0.05) is 6.04 Å². The Morgan fingerprint density at radius 3 is 2.26 bits per heavy atom. The topological polar surface area (TPSA) is 21.3 Å². The zero-order valence-electron chi connectivity index (χ0n) is 13.5. The molecule has 1 N–H and O–H groups in total. The number of rotatable bonds is 5. The first-order valence-electron chi connectivity index (χ1n) is 7.14. The third-order valence-electron chi connectivity index (χ3n) is 3.76. The lowest BCUT2D eigenvalue weighted by atomic mass is 9.84. The van der Waals surface area contributed by atoms with Gasteiger partial charge in [0.05, 0.1) is 7.11 Å². The van der Waals surface area contributed by atoms with E-state index < -0.39 is 0 Å². The molecule has 0 heterocycles. The van der Waals surface area contributed by atoms with Crippen molar-refractivity contribution < 1.29 is 4.74 Å². The molecule has 108 valence electrons. The van der Waals surface area contributed by atoms with Crippen molar-refractivity contribution in [1.82, 2.24) is 5.32 Å². The van der Waals surface area contributed by atoms with Crippen LogP contribution in [0.15, 0.2) is 18.2 Å². The van der Waals surface area contributed by atoms with Crippen molar-refractivity contribution in [3.05, 3.63) is 29.3 Å². The SMILES string of the molecule is CNC(Cc1cc(C(C)(C)C)ccc1OC)C(C)C. The maximum absolute atomic E-state index is 5.51. The minimum absolute atomic E-state index is 0.175. The van der Waals surface area contributed by atoms with Crippen molar-refractivity contribution in [2.45, 2.75) is 52.5 Å². The molecule has 1 atom stereocenters. The lowest BCUT2D eigenvalue weighted by molar-refractivity contribution is 0.390. The molecule has 1 aromatic carbocycles. The Morgan fingerprint density at radius 1 is 1.21 bits per heavy atom. The molecule has 0 saturated carbocycles. The molecule has 1 aromatic rings. The smallest absolute Gasteiger partial charge is 0.122 e. The number of methoxy groups -OCH3 is 1. The van der Waals surface area contributed by atoms with Crippen LogP contribution in [-0.4, -0.2) is 20.2 Å². The second kappa shape index (κ2) is 6.42. The van der Waals surface area contributed by atoms with Crippen molar-refractivity contribution in [3.63, 3.8) is 0 Å². The summed E-state index contributed by atoms with van der Waals surface area (Å²) in [6.45, 7) is 11.2. The fourth-order valence-corrected chi connectivity index (χ4v) is 2.31. The van der Waals surface area contributed by atoms with E-state index in [0.29, 0.717) is 12.0 Å². The highest BCUT2D eigenvalue weighted by atomic mass is 16.5. The molecule has 0 aromatic heterocycles. The van der Waals surface area contributed by atoms with Gasteiger partial charge in [-0.1, -0.05) is 46.8 Å². The molecular weight excluding hydrogens is 234 g/mol. The van der Waals surface area contributed by atoms with Crippen LogP contribution in [0.4, 0.5) is 0 Å². The Balaban J connectivity index is 3.09. The molecule has 2 heteroatoms. The Labute approximate surface area is 118 Å². The first kappa shape index (κ1) is 16.0. The van der Waals surface area contributed by atoms with Crippen LogP contribution >= 0.6 is 0 Å². The third kappa shape index (κ3) is 4.24. The zero-order chi connectivity index (χ0) is 14.6. The molecule has 0 radical (unpaired) electrons. The standard InChI is InChI=1S/C17H29NO/c1-12(2)15(18-6)11-13-10-14(17(3,4)5)8-9-16(13)19-7/h8-10,12,15,18H,11H2,1-7H3. The van der Waals surface area contributed by atoms with Crippen molar-refractivity contribution in [1.29, 1.82) is 0 Å². The number of hydrogen-bond donors (Lipinski definition) is 1. The molecule has 1 rings (SSSR count). The predicted molar refractivity (Wildman–Crippen MR) is 83.1 cm³/mol. The Kier molecular flexibility index (Phi) is 5.42. The average molecular weight is 263 g/mol. The summed E-state index contributed by atoms with van der Waals surface area (Å²) in [5.74, 6) is 1.60. The highest BCUT2D eigenvalue weighted by Gasteiger charge is 2.18. The van der Waals surface area contributed by atoms with E-state index >= 15 is 0 Å². The van der Waals surface area contributed by atoms with E-state index in [2.05, 4.69) is 58.1 Å². The van der Waals surface area contributed by atoms with Crippen LogP contribution in [0.25, 0.3) is 0 Å². The van der Waals surface area contributed by atoms with Crippen LogP contribution < -0.4 is 10.1 Å². The van der Waals surface area contributed by atoms with Crippen LogP contribution in [0.3, 0.4) is 0 Å². The minimum atomic E-state index is 0.175. The van der Waals surface area contributed by atoms with Gasteiger partial charge in [-0.05, 0) is 42.0 Å². The number of hydrogen-bond acceptors (Lipinski definition) is 2. The quantitative estimate of drug-likeness (QED) is 0.873. The number of benzene rings is 1. The summed E-state index contributed by atoms with van der Waals surface area (Å²) in [4.78, 5) is 0. The first-order valence-corrected chi connectivity index (χ1v) is 7.14. The fourth-order valence-electron chi connectivity index (χ4n) is 2.31. The summed E-state index contributed by atoms with van der Waals surface area (Å²) in [5, 5.41) is 3.40. The molecule has 2 nitrogen and oxygen atoms in total. The Hall–Kier alpha value is -1.02. The zero-order valence-corrected chi connectivity index (χ0v) is 13.5. The van der Waals surface area contributed by atoms with E-state index in [1.807, 2.05) is 7.05 Å². The van der Waals surface area contributed by atoms with Crippen LogP contribution in [0.1, 0.15) is 45.7 Å². The van der Waals surface area contributed by atoms with Gasteiger partial charge in [-0.15, -0.1) is 0 Å². The van der Waals surface area contributed by atoms with Crippen molar-refractivity contribution in [2.24, 2.45) is 5.92 Å². The van der Waals surface area contributed by atoms with Gasteiger partial charge in [0.2, 0.25) is 0 Å². The van der Waals surface area contributed by atoms with Gasteiger partial charge in [0.25, 0.3) is 0 Å². The van der Waals surface area contributed by atoms with E-state index in [1.165, 1.54) is 11.1 Å². The van der Waals surface area contributed by atoms with Crippen molar-refractivity contribution in [3.8, 4) is 5.75 Å². The van der Waals surface area contributed by atoms with Crippen molar-refractivity contribution >= 4 is 0 Å². The maximum atomic E-state index is 5.51. The molecule has 0 aliphatic heterocycles. The van der Waals surface area contributed by atoms with Gasteiger partial charge in [0.1, 0.15) is 5.75 Å². The molecule has 1 unspecified atom stereocenters. The number of ether oxygens (including phenoxy) is 1. The van der Waals surface area contributed by atoms with Gasteiger partial charge in [-0.25, -0.2) is 0 Å². The molecule has 0 amide bonds. The molecule has 0 fully saturated rings. The van der Waals surface area contributed by atoms with E-state index in [9.17, 15) is 0 Å². The van der Waals surface area contributed by atoms with E-state index in [1.54, 1.807) is 7.11 Å². The maximum Gasteiger partial charge on any atom is 0.122 e. The minimum Gasteiger partial charge on any atom is -0.496 e. The average Bonchev–Trinajstić information content (AvgIpc) is 2.34. The predicted octanol–water partition coefficient (Wildman–Crippen LogP) is 3.78. The highest BCUT2D eigenvalue weighted by molar-refractivity contribution is 5.40. The second-order valence-corrected chi connectivity index (χ2v) is 6.62. The van der Waals surface area contributed by atoms with Crippen LogP contribution in [0.5, 0.6) is 5.75 Å². The Bertz CT molecular complexity index is 404.